The molecule has 0 N–H and O–H groups in total. The van der Waals surface area contributed by atoms with Gasteiger partial charge in [-0.1, -0.05) is 5.16 Å². The van der Waals surface area contributed by atoms with Gasteiger partial charge in [-0.25, -0.2) is 0 Å². The number of carbonyl (C=O) groups excluding carboxylic acids is 1. The Balaban J connectivity index is 1.72. The van der Waals surface area contributed by atoms with Crippen LogP contribution in [0.2, 0.25) is 0 Å². The minimum Gasteiger partial charge on any atom is -0.339 e. The van der Waals surface area contributed by atoms with Gasteiger partial charge in [0.05, 0.1) is 5.56 Å². The number of likely N-dealkylation sites (tertiary alicyclic amines) is 1. The van der Waals surface area contributed by atoms with Crippen molar-refractivity contribution in [1.29, 1.82) is 0 Å². The summed E-state index contributed by atoms with van der Waals surface area (Å²) in [6, 6.07) is 0. The summed E-state index contributed by atoms with van der Waals surface area (Å²) in [4.78, 5) is 18.0. The number of halogens is 3. The van der Waals surface area contributed by atoms with Crippen LogP contribution in [0.4, 0.5) is 13.2 Å². The highest BCUT2D eigenvalue weighted by atomic mass is 19.4. The number of alkyl halides is 3. The molecule has 7 nitrogen and oxygen atoms in total. The number of aryl methyl sites for hydroxylation is 2. The Kier molecular flexibility index (Phi) is 4.06. The minimum absolute atomic E-state index is 0.0197. The van der Waals surface area contributed by atoms with E-state index in [1.807, 2.05) is 0 Å². The maximum atomic E-state index is 13.0. The maximum Gasteiger partial charge on any atom is 0.435 e. The first-order chi connectivity index (χ1) is 11.3. The van der Waals surface area contributed by atoms with Gasteiger partial charge in [0.2, 0.25) is 5.89 Å². The topological polar surface area (TPSA) is 77.0 Å². The van der Waals surface area contributed by atoms with Crippen LogP contribution in [0.3, 0.4) is 0 Å². The molecule has 0 bridgehead atoms. The molecule has 3 heterocycles. The van der Waals surface area contributed by atoms with Gasteiger partial charge in [-0.2, -0.15) is 23.3 Å². The summed E-state index contributed by atoms with van der Waals surface area (Å²) in [6.07, 6.45) is -2.42. The average Bonchev–Trinajstić information content (AvgIpc) is 3.12. The molecule has 2 aromatic heterocycles. The molecule has 0 saturated carbocycles. The van der Waals surface area contributed by atoms with Gasteiger partial charge in [0.1, 0.15) is 0 Å². The summed E-state index contributed by atoms with van der Waals surface area (Å²) in [5.41, 5.74) is -1.57. The van der Waals surface area contributed by atoms with E-state index in [2.05, 4.69) is 15.2 Å². The number of hydrogen-bond acceptors (Lipinski definition) is 5. The van der Waals surface area contributed by atoms with Crippen LogP contribution in [0.1, 0.15) is 46.5 Å². The van der Waals surface area contributed by atoms with Crippen molar-refractivity contribution in [3.05, 3.63) is 29.2 Å². The normalized spacial score (nSPS) is 16.6. The third-order valence-corrected chi connectivity index (χ3v) is 4.00. The van der Waals surface area contributed by atoms with Crippen molar-refractivity contribution in [1.82, 2.24) is 24.8 Å². The van der Waals surface area contributed by atoms with E-state index >= 15 is 0 Å². The van der Waals surface area contributed by atoms with Crippen molar-refractivity contribution in [3.63, 3.8) is 0 Å². The second-order valence-electron chi connectivity index (χ2n) is 5.81. The molecule has 0 aromatic carbocycles. The highest BCUT2D eigenvalue weighted by molar-refractivity contribution is 5.95. The summed E-state index contributed by atoms with van der Waals surface area (Å²) in [5, 5.41) is 7.11. The fourth-order valence-corrected chi connectivity index (χ4v) is 2.83. The van der Waals surface area contributed by atoms with Gasteiger partial charge in [0, 0.05) is 32.3 Å². The van der Waals surface area contributed by atoms with E-state index < -0.39 is 23.3 Å². The molecule has 130 valence electrons. The largest absolute Gasteiger partial charge is 0.435 e. The van der Waals surface area contributed by atoms with Gasteiger partial charge in [0.25, 0.3) is 5.91 Å². The molecule has 0 unspecified atom stereocenters. The Hall–Kier alpha value is -2.39. The zero-order valence-corrected chi connectivity index (χ0v) is 13.2. The average molecular weight is 343 g/mol. The lowest BCUT2D eigenvalue weighted by Crippen LogP contribution is -2.38. The van der Waals surface area contributed by atoms with Crippen LogP contribution in [-0.2, 0) is 13.2 Å². The first kappa shape index (κ1) is 16.5. The zero-order valence-electron chi connectivity index (χ0n) is 13.2. The number of amides is 1. The molecule has 1 amide bonds. The van der Waals surface area contributed by atoms with Crippen molar-refractivity contribution in [3.8, 4) is 0 Å². The van der Waals surface area contributed by atoms with Crippen LogP contribution < -0.4 is 0 Å². The molecule has 24 heavy (non-hydrogen) atoms. The Bertz CT molecular complexity index is 744. The van der Waals surface area contributed by atoms with Crippen molar-refractivity contribution in [2.75, 3.05) is 13.1 Å². The molecule has 3 rings (SSSR count). The zero-order chi connectivity index (χ0) is 17.5. The van der Waals surface area contributed by atoms with Crippen LogP contribution in [-0.4, -0.2) is 43.8 Å². The molecule has 0 atom stereocenters. The summed E-state index contributed by atoms with van der Waals surface area (Å²) in [7, 11) is 1.36. The van der Waals surface area contributed by atoms with E-state index in [9.17, 15) is 18.0 Å². The summed E-state index contributed by atoms with van der Waals surface area (Å²) in [5.74, 6) is 0.410. The third-order valence-electron chi connectivity index (χ3n) is 4.00. The minimum atomic E-state index is -4.66. The van der Waals surface area contributed by atoms with E-state index in [4.69, 9.17) is 4.52 Å². The number of aromatic nitrogens is 4. The highest BCUT2D eigenvalue weighted by Gasteiger charge is 2.40. The lowest BCUT2D eigenvalue weighted by molar-refractivity contribution is -0.141. The summed E-state index contributed by atoms with van der Waals surface area (Å²) >= 11 is 0. The van der Waals surface area contributed by atoms with Crippen LogP contribution in [0.15, 0.2) is 10.7 Å². The second kappa shape index (κ2) is 5.91. The number of rotatable bonds is 2. The van der Waals surface area contributed by atoms with E-state index in [0.29, 0.717) is 37.6 Å². The lowest BCUT2D eigenvalue weighted by Gasteiger charge is -2.30. The monoisotopic (exact) mass is 343 g/mol. The third kappa shape index (κ3) is 3.13. The van der Waals surface area contributed by atoms with Crippen molar-refractivity contribution < 1.29 is 22.5 Å². The van der Waals surface area contributed by atoms with Crippen LogP contribution in [0.5, 0.6) is 0 Å². The lowest BCUT2D eigenvalue weighted by atomic mass is 9.96. The quantitative estimate of drug-likeness (QED) is 0.835. The van der Waals surface area contributed by atoms with E-state index in [-0.39, 0.29) is 5.92 Å². The smallest absolute Gasteiger partial charge is 0.339 e. The van der Waals surface area contributed by atoms with Gasteiger partial charge >= 0.3 is 6.18 Å². The van der Waals surface area contributed by atoms with E-state index in [1.54, 1.807) is 6.92 Å². The van der Waals surface area contributed by atoms with Crippen LogP contribution in [0, 0.1) is 6.92 Å². The Labute approximate surface area is 135 Å². The number of nitrogens with zero attached hydrogens (tertiary/aromatic N) is 5. The maximum absolute atomic E-state index is 13.0. The SMILES string of the molecule is Cc1noc(C2CCN(C(=O)c3cn(C)nc3C(F)(F)F)CC2)n1. The van der Waals surface area contributed by atoms with Gasteiger partial charge < -0.3 is 9.42 Å². The molecule has 1 fully saturated rings. The van der Waals surface area contributed by atoms with Crippen molar-refractivity contribution in [2.24, 2.45) is 7.05 Å². The Morgan fingerprint density at radius 2 is 2.00 bits per heavy atom. The molecular weight excluding hydrogens is 327 g/mol. The summed E-state index contributed by atoms with van der Waals surface area (Å²) in [6.45, 7) is 2.38. The standard InChI is InChI=1S/C14H16F3N5O2/c1-8-18-12(24-20-8)9-3-5-22(6-4-9)13(23)10-7-21(2)19-11(10)14(15,16)17/h7,9H,3-6H2,1-2H3. The first-order valence-electron chi connectivity index (χ1n) is 7.46. The molecule has 10 heteroatoms. The molecule has 0 aliphatic carbocycles. The molecule has 1 aliphatic heterocycles. The predicted molar refractivity (Wildman–Crippen MR) is 75.1 cm³/mol. The highest BCUT2D eigenvalue weighted by Crippen LogP contribution is 2.32. The molecule has 2 aromatic rings. The molecular formula is C14H16F3N5O2. The van der Waals surface area contributed by atoms with Gasteiger partial charge in [0.15, 0.2) is 11.5 Å². The second-order valence-corrected chi connectivity index (χ2v) is 5.81. The van der Waals surface area contributed by atoms with Crippen molar-refractivity contribution >= 4 is 5.91 Å². The Morgan fingerprint density at radius 1 is 1.33 bits per heavy atom. The van der Waals surface area contributed by atoms with Crippen molar-refractivity contribution in [2.45, 2.75) is 31.9 Å². The molecule has 0 radical (unpaired) electrons. The fraction of sp³-hybridized carbons (Fsp3) is 0.571. The van der Waals surface area contributed by atoms with E-state index in [1.165, 1.54) is 11.9 Å². The summed E-state index contributed by atoms with van der Waals surface area (Å²) < 4.78 is 45.1. The van der Waals surface area contributed by atoms with Gasteiger partial charge in [-0.15, -0.1) is 0 Å². The number of carbonyl (C=O) groups is 1. The number of piperidine rings is 1. The molecule has 0 spiro atoms. The molecule has 1 aliphatic rings. The van der Waals surface area contributed by atoms with Crippen LogP contribution >= 0.6 is 0 Å². The Morgan fingerprint density at radius 3 is 2.54 bits per heavy atom. The molecule has 1 saturated heterocycles. The van der Waals surface area contributed by atoms with Crippen LogP contribution in [0.25, 0.3) is 0 Å². The van der Waals surface area contributed by atoms with E-state index in [0.717, 1.165) is 10.9 Å². The number of hydrogen-bond donors (Lipinski definition) is 0. The fourth-order valence-electron chi connectivity index (χ4n) is 2.83. The van der Waals surface area contributed by atoms with Gasteiger partial charge in [-0.05, 0) is 19.8 Å². The van der Waals surface area contributed by atoms with Gasteiger partial charge in [-0.3, -0.25) is 9.48 Å². The predicted octanol–water partition coefficient (Wildman–Crippen LogP) is 2.15. The first-order valence-corrected chi connectivity index (χ1v) is 7.46.